The number of carbonyl (C=O) groups is 2. The summed E-state index contributed by atoms with van der Waals surface area (Å²) in [6.07, 6.45) is 1.79. The molecule has 2 aromatic carbocycles. The smallest absolute Gasteiger partial charge is 0.256 e. The zero-order valence-electron chi connectivity index (χ0n) is 21.8. The van der Waals surface area contributed by atoms with Crippen molar-refractivity contribution in [1.82, 2.24) is 15.2 Å². The summed E-state index contributed by atoms with van der Waals surface area (Å²) in [4.78, 5) is 31.9. The predicted molar refractivity (Wildman–Crippen MR) is 145 cm³/mol. The minimum atomic E-state index is -0.210. The van der Waals surface area contributed by atoms with E-state index in [1.807, 2.05) is 54.3 Å². The number of ether oxygens (including phenoxy) is 2. The number of aromatic nitrogens is 1. The number of aromatic amines is 1. The molecule has 192 valence electrons. The second-order valence-electron chi connectivity index (χ2n) is 9.77. The van der Waals surface area contributed by atoms with Crippen molar-refractivity contribution in [3.05, 3.63) is 65.0 Å². The maximum absolute atomic E-state index is 13.6. The van der Waals surface area contributed by atoms with Crippen LogP contribution in [-0.4, -0.2) is 61.1 Å². The normalized spacial score (nSPS) is 20.1. The van der Waals surface area contributed by atoms with Gasteiger partial charge >= 0.3 is 0 Å². The van der Waals surface area contributed by atoms with Gasteiger partial charge < -0.3 is 30.0 Å². The number of rotatable bonds is 5. The number of benzene rings is 2. The van der Waals surface area contributed by atoms with Gasteiger partial charge in [0.2, 0.25) is 0 Å². The number of nitrogens with zero attached hydrogens (tertiary/aromatic N) is 1. The summed E-state index contributed by atoms with van der Waals surface area (Å²) >= 11 is 0. The van der Waals surface area contributed by atoms with Gasteiger partial charge in [-0.15, -0.1) is 0 Å². The molecule has 1 saturated heterocycles. The number of carbonyl (C=O) groups excluding carboxylic acids is 2. The van der Waals surface area contributed by atoms with Gasteiger partial charge in [0.05, 0.1) is 31.1 Å². The van der Waals surface area contributed by atoms with Gasteiger partial charge in [0.25, 0.3) is 11.8 Å². The first-order valence-electron chi connectivity index (χ1n) is 12.4. The molecule has 3 N–H and O–H groups in total. The number of methoxy groups -OCH3 is 2. The predicted octanol–water partition coefficient (Wildman–Crippen LogP) is 4.32. The number of aryl methyl sites for hydroxylation is 1. The Bertz CT molecular complexity index is 1400. The van der Waals surface area contributed by atoms with Gasteiger partial charge in [0.15, 0.2) is 11.5 Å². The van der Waals surface area contributed by atoms with E-state index >= 15 is 0 Å². The summed E-state index contributed by atoms with van der Waals surface area (Å²) in [6, 6.07) is 13.7. The Labute approximate surface area is 216 Å². The van der Waals surface area contributed by atoms with Gasteiger partial charge in [0, 0.05) is 42.1 Å². The molecule has 5 rings (SSSR count). The fourth-order valence-corrected chi connectivity index (χ4v) is 5.34. The zero-order chi connectivity index (χ0) is 26.3. The number of piperazine rings is 1. The molecule has 3 heterocycles. The van der Waals surface area contributed by atoms with E-state index in [4.69, 9.17) is 9.47 Å². The van der Waals surface area contributed by atoms with Gasteiger partial charge in [-0.2, -0.15) is 0 Å². The molecule has 0 aliphatic carbocycles. The third kappa shape index (κ3) is 4.60. The van der Waals surface area contributed by atoms with Gasteiger partial charge in [-0.05, 0) is 62.2 Å². The number of H-pyrrole nitrogens is 1. The number of hydrogen-bond acceptors (Lipinski definition) is 5. The quantitative estimate of drug-likeness (QED) is 0.454. The van der Waals surface area contributed by atoms with Gasteiger partial charge in [-0.3, -0.25) is 9.59 Å². The van der Waals surface area contributed by atoms with Crippen LogP contribution in [0.15, 0.2) is 42.5 Å². The fourth-order valence-electron chi connectivity index (χ4n) is 5.34. The van der Waals surface area contributed by atoms with Gasteiger partial charge in [-0.1, -0.05) is 18.2 Å². The maximum atomic E-state index is 13.6. The van der Waals surface area contributed by atoms with Crippen LogP contribution in [0.25, 0.3) is 22.8 Å². The highest BCUT2D eigenvalue weighted by Crippen LogP contribution is 2.42. The number of hydrogen-bond donors (Lipinski definition) is 3. The molecule has 1 aromatic heterocycles. The van der Waals surface area contributed by atoms with E-state index in [0.717, 1.165) is 28.1 Å². The Morgan fingerprint density at radius 3 is 2.46 bits per heavy atom. The molecule has 3 aromatic rings. The number of nitrogens with one attached hydrogen (secondary N) is 3. The summed E-state index contributed by atoms with van der Waals surface area (Å²) in [5.41, 5.74) is 5.83. The van der Waals surface area contributed by atoms with Crippen molar-refractivity contribution in [2.75, 3.05) is 32.6 Å². The van der Waals surface area contributed by atoms with E-state index in [0.29, 0.717) is 41.4 Å². The summed E-state index contributed by atoms with van der Waals surface area (Å²) in [7, 11) is 3.19. The second-order valence-corrected chi connectivity index (χ2v) is 9.77. The number of anilines is 1. The molecule has 0 spiro atoms. The molecule has 0 bridgehead atoms. The molecular formula is C29H32N4O4. The molecule has 37 heavy (non-hydrogen) atoms. The lowest BCUT2D eigenvalue weighted by Crippen LogP contribution is -2.55. The lowest BCUT2D eigenvalue weighted by Gasteiger charge is -2.36. The van der Waals surface area contributed by atoms with E-state index in [2.05, 4.69) is 29.5 Å². The largest absolute Gasteiger partial charge is 0.493 e. The highest BCUT2D eigenvalue weighted by Gasteiger charge is 2.30. The average Bonchev–Trinajstić information content (AvgIpc) is 3.41. The monoisotopic (exact) mass is 500 g/mol. The second kappa shape index (κ2) is 9.78. The SMILES string of the molecule is COc1ccc(-c2cccc3c2/C(=C/c2[nH]c(C)cc2C(=O)N2C[C@@H](C)N[C@@H](C)C2)C(=O)N3)cc1OC. The van der Waals surface area contributed by atoms with Crippen molar-refractivity contribution < 1.29 is 19.1 Å². The lowest BCUT2D eigenvalue weighted by molar-refractivity contribution is -0.110. The van der Waals surface area contributed by atoms with Crippen LogP contribution in [0, 0.1) is 6.92 Å². The van der Waals surface area contributed by atoms with E-state index in [1.54, 1.807) is 20.3 Å². The summed E-state index contributed by atoms with van der Waals surface area (Å²) < 4.78 is 10.9. The van der Waals surface area contributed by atoms with Crippen molar-refractivity contribution in [3.8, 4) is 22.6 Å². The van der Waals surface area contributed by atoms with Crippen LogP contribution in [0.4, 0.5) is 5.69 Å². The van der Waals surface area contributed by atoms with E-state index in [9.17, 15) is 9.59 Å². The third-order valence-electron chi connectivity index (χ3n) is 6.87. The van der Waals surface area contributed by atoms with Crippen LogP contribution in [0.1, 0.15) is 41.2 Å². The van der Waals surface area contributed by atoms with Gasteiger partial charge in [-0.25, -0.2) is 0 Å². The number of amides is 2. The molecule has 0 unspecified atom stereocenters. The van der Waals surface area contributed by atoms with Crippen LogP contribution in [0.5, 0.6) is 11.5 Å². The Hall–Kier alpha value is -4.04. The molecule has 1 fully saturated rings. The molecular weight excluding hydrogens is 468 g/mol. The Morgan fingerprint density at radius 1 is 1.03 bits per heavy atom. The highest BCUT2D eigenvalue weighted by atomic mass is 16.5. The average molecular weight is 501 g/mol. The van der Waals surface area contributed by atoms with Crippen molar-refractivity contribution in [1.29, 1.82) is 0 Å². The van der Waals surface area contributed by atoms with Crippen molar-refractivity contribution in [3.63, 3.8) is 0 Å². The van der Waals surface area contributed by atoms with Crippen LogP contribution in [0.2, 0.25) is 0 Å². The number of fused-ring (bicyclic) bond motifs is 1. The molecule has 2 amide bonds. The summed E-state index contributed by atoms with van der Waals surface area (Å²) in [5, 5.41) is 6.44. The van der Waals surface area contributed by atoms with Crippen LogP contribution in [-0.2, 0) is 4.79 Å². The minimum Gasteiger partial charge on any atom is -0.493 e. The molecule has 0 radical (unpaired) electrons. The maximum Gasteiger partial charge on any atom is 0.256 e. The zero-order valence-corrected chi connectivity index (χ0v) is 21.8. The summed E-state index contributed by atoms with van der Waals surface area (Å²) in [5.74, 6) is 0.985. The highest BCUT2D eigenvalue weighted by molar-refractivity contribution is 6.36. The standard InChI is InChI=1S/C29H32N4O4/c1-16-11-21(29(35)33-14-17(2)30-18(3)15-33)24(31-16)13-22-27-20(7-6-8-23(27)32-28(22)34)19-9-10-25(36-4)26(12-19)37-5/h6-13,17-18,30-31H,14-15H2,1-5H3,(H,32,34)/b22-13-/t17-,18+. The van der Waals surface area contributed by atoms with E-state index in [-0.39, 0.29) is 23.9 Å². The summed E-state index contributed by atoms with van der Waals surface area (Å²) in [6.45, 7) is 7.35. The van der Waals surface area contributed by atoms with Crippen LogP contribution < -0.4 is 20.1 Å². The van der Waals surface area contributed by atoms with Gasteiger partial charge in [0.1, 0.15) is 0 Å². The molecule has 2 aliphatic rings. The Balaban J connectivity index is 1.58. The van der Waals surface area contributed by atoms with Crippen LogP contribution >= 0.6 is 0 Å². The van der Waals surface area contributed by atoms with Crippen molar-refractivity contribution in [2.24, 2.45) is 0 Å². The van der Waals surface area contributed by atoms with Crippen LogP contribution in [0.3, 0.4) is 0 Å². The topological polar surface area (TPSA) is 95.7 Å². The fraction of sp³-hybridized carbons (Fsp3) is 0.310. The Morgan fingerprint density at radius 2 is 1.76 bits per heavy atom. The minimum absolute atomic E-state index is 0.0387. The first-order chi connectivity index (χ1) is 17.8. The Kier molecular flexibility index (Phi) is 6.52. The van der Waals surface area contributed by atoms with E-state index < -0.39 is 0 Å². The third-order valence-corrected chi connectivity index (χ3v) is 6.87. The molecule has 8 nitrogen and oxygen atoms in total. The van der Waals surface area contributed by atoms with Crippen molar-refractivity contribution in [2.45, 2.75) is 32.9 Å². The lowest BCUT2D eigenvalue weighted by atomic mass is 9.94. The molecule has 2 atom stereocenters. The van der Waals surface area contributed by atoms with Crippen molar-refractivity contribution >= 4 is 29.2 Å². The molecule has 0 saturated carbocycles. The molecule has 8 heteroatoms. The van der Waals surface area contributed by atoms with E-state index in [1.165, 1.54) is 0 Å². The first-order valence-corrected chi connectivity index (χ1v) is 12.4. The first kappa shape index (κ1) is 24.6. The molecule has 2 aliphatic heterocycles.